The third-order valence-corrected chi connectivity index (χ3v) is 2.94. The van der Waals surface area contributed by atoms with E-state index < -0.39 is 0 Å². The van der Waals surface area contributed by atoms with Crippen LogP contribution in [0.15, 0.2) is 29.4 Å². The van der Waals surface area contributed by atoms with Gasteiger partial charge in [0.25, 0.3) is 0 Å². The second kappa shape index (κ2) is 9.39. The van der Waals surface area contributed by atoms with Crippen LogP contribution in [0.5, 0.6) is 5.75 Å². The van der Waals surface area contributed by atoms with Gasteiger partial charge in [0.15, 0.2) is 0 Å². The van der Waals surface area contributed by atoms with Crippen LogP contribution in [0.3, 0.4) is 0 Å². The zero-order valence-corrected chi connectivity index (χ0v) is 11.5. The number of ether oxygens (including phenoxy) is 1. The minimum Gasteiger partial charge on any atom is -0.494 e. The molecule has 0 aliphatic rings. The summed E-state index contributed by atoms with van der Waals surface area (Å²) in [6.07, 6.45) is 4.43. The second-order valence-electron chi connectivity index (χ2n) is 4.61. The first-order valence-corrected chi connectivity index (χ1v) is 6.76. The van der Waals surface area contributed by atoms with E-state index in [-0.39, 0.29) is 6.61 Å². The van der Waals surface area contributed by atoms with Crippen molar-refractivity contribution in [1.82, 2.24) is 0 Å². The lowest BCUT2D eigenvalue weighted by molar-refractivity contribution is 0.266. The van der Waals surface area contributed by atoms with Crippen LogP contribution in [0, 0.1) is 0 Å². The number of oxime groups is 1. The molecule has 0 aliphatic heterocycles. The van der Waals surface area contributed by atoms with Gasteiger partial charge in [-0.1, -0.05) is 17.3 Å². The first-order chi connectivity index (χ1) is 9.26. The van der Waals surface area contributed by atoms with Gasteiger partial charge < -0.3 is 15.1 Å². The summed E-state index contributed by atoms with van der Waals surface area (Å²) in [6, 6.07) is 8.00. The van der Waals surface area contributed by atoms with Crippen molar-refractivity contribution in [3.05, 3.63) is 29.8 Å². The number of rotatable bonds is 9. The number of nitrogens with zero attached hydrogens (tertiary/aromatic N) is 1. The highest BCUT2D eigenvalue weighted by molar-refractivity contribution is 5.81. The summed E-state index contributed by atoms with van der Waals surface area (Å²) < 4.78 is 5.61. The smallest absolute Gasteiger partial charge is 0.119 e. The number of unbranched alkanes of at least 4 members (excludes halogenated alkanes) is 2. The van der Waals surface area contributed by atoms with Crippen LogP contribution >= 0.6 is 0 Å². The maximum Gasteiger partial charge on any atom is 0.119 e. The molecule has 1 rings (SSSR count). The number of aliphatic hydroxyl groups excluding tert-OH is 1. The van der Waals surface area contributed by atoms with Crippen molar-refractivity contribution in [3.63, 3.8) is 0 Å². The molecule has 106 valence electrons. The lowest BCUT2D eigenvalue weighted by atomic mass is 10.1. The molecule has 0 spiro atoms. The van der Waals surface area contributed by atoms with E-state index in [1.165, 1.54) is 5.56 Å². The Morgan fingerprint density at radius 2 is 1.89 bits per heavy atom. The number of hydrogen-bond acceptors (Lipinski definition) is 4. The van der Waals surface area contributed by atoms with Crippen LogP contribution in [0.25, 0.3) is 0 Å². The van der Waals surface area contributed by atoms with Crippen molar-refractivity contribution in [2.45, 2.75) is 39.0 Å². The molecule has 0 aliphatic carbocycles. The van der Waals surface area contributed by atoms with E-state index in [1.807, 2.05) is 31.2 Å². The van der Waals surface area contributed by atoms with Gasteiger partial charge >= 0.3 is 0 Å². The maximum absolute atomic E-state index is 8.66. The molecule has 1 aromatic rings. The Bertz CT molecular complexity index is 373. The molecule has 4 nitrogen and oxygen atoms in total. The van der Waals surface area contributed by atoms with Crippen molar-refractivity contribution < 1.29 is 15.1 Å². The fourth-order valence-electron chi connectivity index (χ4n) is 1.71. The molecule has 0 radical (unpaired) electrons. The van der Waals surface area contributed by atoms with Crippen molar-refractivity contribution in [1.29, 1.82) is 0 Å². The third kappa shape index (κ3) is 6.82. The van der Waals surface area contributed by atoms with Crippen LogP contribution in [0.4, 0.5) is 0 Å². The topological polar surface area (TPSA) is 62.0 Å². The summed E-state index contributed by atoms with van der Waals surface area (Å²) in [5.74, 6) is 0.875. The molecule has 19 heavy (non-hydrogen) atoms. The first-order valence-electron chi connectivity index (χ1n) is 6.76. The zero-order valence-electron chi connectivity index (χ0n) is 11.5. The molecule has 0 saturated heterocycles. The standard InChI is InChI=1S/C15H23NO3/c1-13(16-18)5-6-14-7-9-15(10-8-14)19-12-4-2-3-11-17/h7-10,17-18H,2-6,11-12H2,1H3. The summed E-state index contributed by atoms with van der Waals surface area (Å²) >= 11 is 0. The summed E-state index contributed by atoms with van der Waals surface area (Å²) in [5.41, 5.74) is 1.94. The monoisotopic (exact) mass is 265 g/mol. The minimum atomic E-state index is 0.255. The van der Waals surface area contributed by atoms with Crippen LogP contribution < -0.4 is 4.74 Å². The Hall–Kier alpha value is -1.55. The molecule has 0 unspecified atom stereocenters. The van der Waals surface area contributed by atoms with Gasteiger partial charge in [-0.05, 0) is 56.7 Å². The van der Waals surface area contributed by atoms with Gasteiger partial charge in [-0.2, -0.15) is 0 Å². The largest absolute Gasteiger partial charge is 0.494 e. The Morgan fingerprint density at radius 1 is 1.16 bits per heavy atom. The van der Waals surface area contributed by atoms with Crippen molar-refractivity contribution in [2.24, 2.45) is 5.16 Å². The van der Waals surface area contributed by atoms with Gasteiger partial charge in [0, 0.05) is 6.61 Å². The summed E-state index contributed by atoms with van der Waals surface area (Å²) in [5, 5.41) is 20.4. The highest BCUT2D eigenvalue weighted by atomic mass is 16.5. The molecule has 0 amide bonds. The summed E-state index contributed by atoms with van der Waals surface area (Å²) in [7, 11) is 0. The Balaban J connectivity index is 2.27. The average molecular weight is 265 g/mol. The van der Waals surface area contributed by atoms with Crippen molar-refractivity contribution in [3.8, 4) is 5.75 Å². The molecule has 0 atom stereocenters. The lowest BCUT2D eigenvalue weighted by Crippen LogP contribution is -1.98. The molecule has 0 aromatic heterocycles. The van der Waals surface area contributed by atoms with Gasteiger partial charge in [-0.25, -0.2) is 0 Å². The van der Waals surface area contributed by atoms with Crippen molar-refractivity contribution >= 4 is 5.71 Å². The van der Waals surface area contributed by atoms with Gasteiger partial charge in [0.1, 0.15) is 5.75 Å². The fourth-order valence-corrected chi connectivity index (χ4v) is 1.71. The van der Waals surface area contributed by atoms with Crippen LogP contribution in [0.2, 0.25) is 0 Å². The normalized spacial score (nSPS) is 11.6. The zero-order chi connectivity index (χ0) is 13.9. The van der Waals surface area contributed by atoms with E-state index in [4.69, 9.17) is 15.1 Å². The Morgan fingerprint density at radius 3 is 2.53 bits per heavy atom. The Kier molecular flexibility index (Phi) is 7.66. The van der Waals surface area contributed by atoms with E-state index in [0.717, 1.165) is 43.6 Å². The molecule has 0 heterocycles. The first kappa shape index (κ1) is 15.5. The molecule has 0 bridgehead atoms. The molecule has 0 fully saturated rings. The molecular weight excluding hydrogens is 242 g/mol. The van der Waals surface area contributed by atoms with E-state index in [0.29, 0.717) is 6.61 Å². The molecule has 0 saturated carbocycles. The maximum atomic E-state index is 8.66. The Labute approximate surface area is 114 Å². The number of aliphatic hydroxyl groups is 1. The predicted molar refractivity (Wildman–Crippen MR) is 76.1 cm³/mol. The fraction of sp³-hybridized carbons (Fsp3) is 0.533. The second-order valence-corrected chi connectivity index (χ2v) is 4.61. The molecule has 1 aromatic carbocycles. The van der Waals surface area contributed by atoms with E-state index in [2.05, 4.69) is 5.16 Å². The summed E-state index contributed by atoms with van der Waals surface area (Å²) in [6.45, 7) is 2.75. The number of hydrogen-bond donors (Lipinski definition) is 2. The van der Waals surface area contributed by atoms with E-state index >= 15 is 0 Å². The molecule has 4 heteroatoms. The molecular formula is C15H23NO3. The van der Waals surface area contributed by atoms with Gasteiger partial charge in [-0.3, -0.25) is 0 Å². The highest BCUT2D eigenvalue weighted by Gasteiger charge is 1.98. The van der Waals surface area contributed by atoms with E-state index in [9.17, 15) is 0 Å². The van der Waals surface area contributed by atoms with Crippen LogP contribution in [-0.4, -0.2) is 29.2 Å². The predicted octanol–water partition coefficient (Wildman–Crippen LogP) is 3.01. The van der Waals surface area contributed by atoms with E-state index in [1.54, 1.807) is 0 Å². The average Bonchev–Trinajstić information content (AvgIpc) is 2.45. The van der Waals surface area contributed by atoms with Crippen LogP contribution in [0.1, 0.15) is 38.2 Å². The SMILES string of the molecule is CC(CCc1ccc(OCCCCCO)cc1)=NO. The third-order valence-electron chi connectivity index (χ3n) is 2.94. The number of aryl methyl sites for hydroxylation is 1. The van der Waals surface area contributed by atoms with Gasteiger partial charge in [0.05, 0.1) is 12.3 Å². The van der Waals surface area contributed by atoms with Gasteiger partial charge in [0.2, 0.25) is 0 Å². The minimum absolute atomic E-state index is 0.255. The van der Waals surface area contributed by atoms with Gasteiger partial charge in [-0.15, -0.1) is 0 Å². The summed E-state index contributed by atoms with van der Waals surface area (Å²) in [4.78, 5) is 0. The molecule has 2 N–H and O–H groups in total. The van der Waals surface area contributed by atoms with Crippen LogP contribution in [-0.2, 0) is 6.42 Å². The van der Waals surface area contributed by atoms with Crippen molar-refractivity contribution in [2.75, 3.05) is 13.2 Å². The number of benzene rings is 1. The highest BCUT2D eigenvalue weighted by Crippen LogP contribution is 2.14. The lowest BCUT2D eigenvalue weighted by Gasteiger charge is -2.07. The quantitative estimate of drug-likeness (QED) is 0.312.